The number of nitrogens with zero attached hydrogens (tertiary/aromatic N) is 2. The maximum Gasteiger partial charge on any atom is 0.189 e. The van der Waals surface area contributed by atoms with Gasteiger partial charge in [-0.05, 0) is 31.1 Å². The number of aryl methyl sites for hydroxylation is 3. The Kier molecular flexibility index (Phi) is 3.42. The molecule has 0 spiro atoms. The van der Waals surface area contributed by atoms with Crippen molar-refractivity contribution in [3.63, 3.8) is 0 Å². The molecule has 0 unspecified atom stereocenters. The Balaban J connectivity index is 2.22. The van der Waals surface area contributed by atoms with Crippen LogP contribution in [0.2, 0.25) is 0 Å². The predicted octanol–water partition coefficient (Wildman–Crippen LogP) is 2.93. The van der Waals surface area contributed by atoms with Gasteiger partial charge in [0.15, 0.2) is 5.78 Å². The van der Waals surface area contributed by atoms with E-state index in [1.807, 2.05) is 51.2 Å². The van der Waals surface area contributed by atoms with Crippen LogP contribution >= 0.6 is 0 Å². The van der Waals surface area contributed by atoms with Gasteiger partial charge in [-0.2, -0.15) is 5.10 Å². The third-order valence-electron chi connectivity index (χ3n) is 2.88. The molecule has 0 aliphatic heterocycles. The van der Waals surface area contributed by atoms with Crippen molar-refractivity contribution in [2.45, 2.75) is 13.8 Å². The molecular weight excluding hydrogens is 224 g/mol. The van der Waals surface area contributed by atoms with Crippen molar-refractivity contribution < 1.29 is 4.79 Å². The van der Waals surface area contributed by atoms with Gasteiger partial charge in [-0.3, -0.25) is 9.48 Å². The second-order valence-corrected chi connectivity index (χ2v) is 4.36. The van der Waals surface area contributed by atoms with E-state index in [0.717, 1.165) is 16.8 Å². The standard InChI is InChI=1S/C15H16N2O/c1-11-6-4-5-7-13(11)8-9-15(18)14-10-17(3)16-12(14)2/h4-10H,1-3H3/b9-8+. The lowest BCUT2D eigenvalue weighted by molar-refractivity contribution is 0.104. The second-order valence-electron chi connectivity index (χ2n) is 4.36. The molecular formula is C15H16N2O. The summed E-state index contributed by atoms with van der Waals surface area (Å²) in [5.74, 6) is -0.0103. The van der Waals surface area contributed by atoms with Crippen LogP contribution in [0.1, 0.15) is 27.2 Å². The molecule has 2 aromatic rings. The highest BCUT2D eigenvalue weighted by molar-refractivity contribution is 6.07. The SMILES string of the molecule is Cc1ccccc1/C=C/C(=O)c1cn(C)nc1C. The molecule has 0 aliphatic rings. The van der Waals surface area contributed by atoms with Gasteiger partial charge >= 0.3 is 0 Å². The summed E-state index contributed by atoms with van der Waals surface area (Å²) in [6.07, 6.45) is 5.20. The van der Waals surface area contributed by atoms with Crippen LogP contribution in [0.3, 0.4) is 0 Å². The largest absolute Gasteiger partial charge is 0.289 e. The highest BCUT2D eigenvalue weighted by Crippen LogP contribution is 2.11. The zero-order valence-electron chi connectivity index (χ0n) is 10.8. The van der Waals surface area contributed by atoms with Crippen LogP contribution in [0.15, 0.2) is 36.5 Å². The fourth-order valence-electron chi connectivity index (χ4n) is 1.87. The molecule has 0 saturated carbocycles. The average molecular weight is 240 g/mol. The number of aromatic nitrogens is 2. The first-order chi connectivity index (χ1) is 8.58. The van der Waals surface area contributed by atoms with Crippen LogP contribution in [0.25, 0.3) is 6.08 Å². The lowest BCUT2D eigenvalue weighted by Crippen LogP contribution is -1.94. The molecule has 0 aliphatic carbocycles. The summed E-state index contributed by atoms with van der Waals surface area (Å²) >= 11 is 0. The number of hydrogen-bond acceptors (Lipinski definition) is 2. The molecule has 0 amide bonds. The number of carbonyl (C=O) groups excluding carboxylic acids is 1. The maximum absolute atomic E-state index is 12.0. The van der Waals surface area contributed by atoms with E-state index in [-0.39, 0.29) is 5.78 Å². The number of rotatable bonds is 3. The summed E-state index contributed by atoms with van der Waals surface area (Å²) in [4.78, 5) is 12.0. The molecule has 1 heterocycles. The van der Waals surface area contributed by atoms with Gasteiger partial charge in [0.05, 0.1) is 11.3 Å². The molecule has 0 bridgehead atoms. The van der Waals surface area contributed by atoms with E-state index in [9.17, 15) is 4.79 Å². The molecule has 3 nitrogen and oxygen atoms in total. The minimum atomic E-state index is -0.0103. The molecule has 3 heteroatoms. The van der Waals surface area contributed by atoms with Gasteiger partial charge in [-0.1, -0.05) is 30.3 Å². The Morgan fingerprint density at radius 2 is 2.00 bits per heavy atom. The van der Waals surface area contributed by atoms with Gasteiger partial charge in [0.2, 0.25) is 0 Å². The van der Waals surface area contributed by atoms with E-state index in [0.29, 0.717) is 5.56 Å². The number of ketones is 1. The molecule has 0 fully saturated rings. The molecule has 1 aromatic heterocycles. The maximum atomic E-state index is 12.0. The summed E-state index contributed by atoms with van der Waals surface area (Å²) in [5, 5.41) is 4.17. The molecule has 92 valence electrons. The zero-order chi connectivity index (χ0) is 13.1. The summed E-state index contributed by atoms with van der Waals surface area (Å²) in [6.45, 7) is 3.87. The van der Waals surface area contributed by atoms with Gasteiger partial charge in [-0.25, -0.2) is 0 Å². The molecule has 0 saturated heterocycles. The Morgan fingerprint density at radius 1 is 1.28 bits per heavy atom. The average Bonchev–Trinajstić information content (AvgIpc) is 2.67. The van der Waals surface area contributed by atoms with Crippen molar-refractivity contribution in [1.29, 1.82) is 0 Å². The van der Waals surface area contributed by atoms with Crippen molar-refractivity contribution >= 4 is 11.9 Å². The second kappa shape index (κ2) is 5.00. The fraction of sp³-hybridized carbons (Fsp3) is 0.200. The Bertz CT molecular complexity index is 609. The number of carbonyl (C=O) groups is 1. The van der Waals surface area contributed by atoms with E-state index in [1.165, 1.54) is 0 Å². The molecule has 0 atom stereocenters. The summed E-state index contributed by atoms with van der Waals surface area (Å²) < 4.78 is 1.66. The van der Waals surface area contributed by atoms with E-state index in [1.54, 1.807) is 17.0 Å². The lowest BCUT2D eigenvalue weighted by atomic mass is 10.1. The predicted molar refractivity (Wildman–Crippen MR) is 72.5 cm³/mol. The van der Waals surface area contributed by atoms with E-state index < -0.39 is 0 Å². The van der Waals surface area contributed by atoms with Gasteiger partial charge in [0, 0.05) is 13.2 Å². The highest BCUT2D eigenvalue weighted by atomic mass is 16.1. The smallest absolute Gasteiger partial charge is 0.189 e. The van der Waals surface area contributed by atoms with Crippen molar-refractivity contribution in [3.05, 3.63) is 58.9 Å². The Morgan fingerprint density at radius 3 is 2.61 bits per heavy atom. The molecule has 0 N–H and O–H groups in total. The quantitative estimate of drug-likeness (QED) is 0.610. The van der Waals surface area contributed by atoms with E-state index >= 15 is 0 Å². The monoisotopic (exact) mass is 240 g/mol. The summed E-state index contributed by atoms with van der Waals surface area (Å²) in [6, 6.07) is 7.97. The summed E-state index contributed by atoms with van der Waals surface area (Å²) in [5.41, 5.74) is 3.64. The van der Waals surface area contributed by atoms with Crippen molar-refractivity contribution in [2.24, 2.45) is 7.05 Å². The number of benzene rings is 1. The zero-order valence-corrected chi connectivity index (χ0v) is 10.8. The molecule has 0 radical (unpaired) electrons. The molecule has 18 heavy (non-hydrogen) atoms. The van der Waals surface area contributed by atoms with Crippen LogP contribution < -0.4 is 0 Å². The van der Waals surface area contributed by atoms with Gasteiger partial charge in [-0.15, -0.1) is 0 Å². The van der Waals surface area contributed by atoms with Crippen molar-refractivity contribution in [3.8, 4) is 0 Å². The third kappa shape index (κ3) is 2.56. The Labute approximate surface area is 107 Å². The van der Waals surface area contributed by atoms with Crippen LogP contribution in [0.4, 0.5) is 0 Å². The first-order valence-electron chi connectivity index (χ1n) is 5.86. The number of allylic oxidation sites excluding steroid dienone is 1. The van der Waals surface area contributed by atoms with Gasteiger partial charge in [0.1, 0.15) is 0 Å². The normalized spacial score (nSPS) is 11.1. The van der Waals surface area contributed by atoms with Crippen molar-refractivity contribution in [1.82, 2.24) is 9.78 Å². The van der Waals surface area contributed by atoms with Crippen LogP contribution in [0, 0.1) is 13.8 Å². The lowest BCUT2D eigenvalue weighted by Gasteiger charge is -1.98. The first-order valence-corrected chi connectivity index (χ1v) is 5.86. The summed E-state index contributed by atoms with van der Waals surface area (Å²) in [7, 11) is 1.81. The van der Waals surface area contributed by atoms with Crippen molar-refractivity contribution in [2.75, 3.05) is 0 Å². The number of hydrogen-bond donors (Lipinski definition) is 0. The molecule has 2 rings (SSSR count). The Hall–Kier alpha value is -2.16. The van der Waals surface area contributed by atoms with Gasteiger partial charge < -0.3 is 0 Å². The first kappa shape index (κ1) is 12.3. The molecule has 1 aromatic carbocycles. The van der Waals surface area contributed by atoms with Gasteiger partial charge in [0.25, 0.3) is 0 Å². The topological polar surface area (TPSA) is 34.9 Å². The highest BCUT2D eigenvalue weighted by Gasteiger charge is 2.09. The van der Waals surface area contributed by atoms with E-state index in [4.69, 9.17) is 0 Å². The van der Waals surface area contributed by atoms with Crippen LogP contribution in [-0.4, -0.2) is 15.6 Å². The van der Waals surface area contributed by atoms with Crippen LogP contribution in [0.5, 0.6) is 0 Å². The minimum Gasteiger partial charge on any atom is -0.289 e. The van der Waals surface area contributed by atoms with E-state index in [2.05, 4.69) is 5.10 Å². The third-order valence-corrected chi connectivity index (χ3v) is 2.88. The fourth-order valence-corrected chi connectivity index (χ4v) is 1.87. The van der Waals surface area contributed by atoms with Crippen LogP contribution in [-0.2, 0) is 7.05 Å². The minimum absolute atomic E-state index is 0.0103.